The van der Waals surface area contributed by atoms with E-state index in [0.29, 0.717) is 23.6 Å². The summed E-state index contributed by atoms with van der Waals surface area (Å²) in [6, 6.07) is 14.8. The molecule has 0 aliphatic heterocycles. The average molecular weight is 300 g/mol. The molecule has 2 aromatic carbocycles. The van der Waals surface area contributed by atoms with Crippen molar-refractivity contribution in [2.45, 2.75) is 12.8 Å². The van der Waals surface area contributed by atoms with Crippen LogP contribution in [0.5, 0.6) is 5.75 Å². The SMILES string of the molecule is O=C(CCc1c[nH]c2ccccc12)Oc1ccc(Cl)cc1. The second-order valence-electron chi connectivity index (χ2n) is 4.79. The molecular weight excluding hydrogens is 286 g/mol. The maximum atomic E-state index is 11.9. The summed E-state index contributed by atoms with van der Waals surface area (Å²) in [7, 11) is 0. The van der Waals surface area contributed by atoms with Gasteiger partial charge < -0.3 is 9.72 Å². The highest BCUT2D eigenvalue weighted by Crippen LogP contribution is 2.20. The van der Waals surface area contributed by atoms with E-state index in [1.807, 2.05) is 30.5 Å². The van der Waals surface area contributed by atoms with E-state index in [9.17, 15) is 4.79 Å². The Morgan fingerprint density at radius 1 is 1.10 bits per heavy atom. The van der Waals surface area contributed by atoms with Gasteiger partial charge in [-0.15, -0.1) is 0 Å². The predicted molar refractivity (Wildman–Crippen MR) is 83.7 cm³/mol. The number of benzene rings is 2. The molecule has 0 fully saturated rings. The van der Waals surface area contributed by atoms with Crippen molar-refractivity contribution in [2.24, 2.45) is 0 Å². The molecule has 3 nitrogen and oxygen atoms in total. The molecule has 0 aliphatic rings. The number of ether oxygens (including phenoxy) is 1. The monoisotopic (exact) mass is 299 g/mol. The van der Waals surface area contributed by atoms with Gasteiger partial charge in [-0.3, -0.25) is 4.79 Å². The minimum Gasteiger partial charge on any atom is -0.427 e. The maximum absolute atomic E-state index is 11.9. The van der Waals surface area contributed by atoms with Gasteiger partial charge in [-0.2, -0.15) is 0 Å². The minimum absolute atomic E-state index is 0.248. The molecule has 106 valence electrons. The second kappa shape index (κ2) is 6.02. The van der Waals surface area contributed by atoms with Crippen LogP contribution in [-0.2, 0) is 11.2 Å². The zero-order valence-electron chi connectivity index (χ0n) is 11.3. The second-order valence-corrected chi connectivity index (χ2v) is 5.22. The summed E-state index contributed by atoms with van der Waals surface area (Å²) >= 11 is 5.79. The van der Waals surface area contributed by atoms with Crippen molar-refractivity contribution in [3.8, 4) is 5.75 Å². The van der Waals surface area contributed by atoms with Gasteiger partial charge in [-0.1, -0.05) is 29.8 Å². The first kappa shape index (κ1) is 13.7. The van der Waals surface area contributed by atoms with Gasteiger partial charge in [0.25, 0.3) is 0 Å². The lowest BCUT2D eigenvalue weighted by Gasteiger charge is -2.04. The quantitative estimate of drug-likeness (QED) is 0.574. The van der Waals surface area contributed by atoms with Crippen molar-refractivity contribution in [1.82, 2.24) is 4.98 Å². The van der Waals surface area contributed by atoms with Crippen molar-refractivity contribution < 1.29 is 9.53 Å². The van der Waals surface area contributed by atoms with Crippen molar-refractivity contribution in [1.29, 1.82) is 0 Å². The van der Waals surface area contributed by atoms with E-state index in [2.05, 4.69) is 4.98 Å². The van der Waals surface area contributed by atoms with Gasteiger partial charge in [0.15, 0.2) is 0 Å². The van der Waals surface area contributed by atoms with Gasteiger partial charge in [0.2, 0.25) is 0 Å². The third-order valence-corrected chi connectivity index (χ3v) is 3.57. The van der Waals surface area contributed by atoms with Crippen molar-refractivity contribution in [3.63, 3.8) is 0 Å². The molecule has 0 saturated heterocycles. The Hall–Kier alpha value is -2.26. The number of fused-ring (bicyclic) bond motifs is 1. The summed E-state index contributed by atoms with van der Waals surface area (Å²) < 4.78 is 5.27. The van der Waals surface area contributed by atoms with Crippen LogP contribution in [0.4, 0.5) is 0 Å². The number of nitrogens with one attached hydrogen (secondary N) is 1. The third kappa shape index (κ3) is 3.26. The van der Waals surface area contributed by atoms with Crippen molar-refractivity contribution in [3.05, 3.63) is 65.3 Å². The van der Waals surface area contributed by atoms with Crippen LogP contribution < -0.4 is 4.74 Å². The number of halogens is 1. The number of aryl methyl sites for hydroxylation is 1. The van der Waals surface area contributed by atoms with E-state index >= 15 is 0 Å². The fourth-order valence-corrected chi connectivity index (χ4v) is 2.39. The molecule has 0 aliphatic carbocycles. The van der Waals surface area contributed by atoms with Crippen LogP contribution in [-0.4, -0.2) is 11.0 Å². The highest BCUT2D eigenvalue weighted by molar-refractivity contribution is 6.30. The summed E-state index contributed by atoms with van der Waals surface area (Å²) in [5, 5.41) is 1.77. The molecule has 21 heavy (non-hydrogen) atoms. The lowest BCUT2D eigenvalue weighted by Crippen LogP contribution is -2.08. The number of carbonyl (C=O) groups is 1. The molecular formula is C17H14ClNO2. The van der Waals surface area contributed by atoms with E-state index < -0.39 is 0 Å². The van der Waals surface area contributed by atoms with Gasteiger partial charge in [0, 0.05) is 22.1 Å². The highest BCUT2D eigenvalue weighted by Gasteiger charge is 2.08. The molecule has 0 atom stereocenters. The number of para-hydroxylation sites is 1. The topological polar surface area (TPSA) is 42.1 Å². The van der Waals surface area contributed by atoms with Crippen molar-refractivity contribution >= 4 is 28.5 Å². The van der Waals surface area contributed by atoms with Crippen molar-refractivity contribution in [2.75, 3.05) is 0 Å². The smallest absolute Gasteiger partial charge is 0.311 e. The van der Waals surface area contributed by atoms with Crippen LogP contribution >= 0.6 is 11.6 Å². The molecule has 0 spiro atoms. The number of carbonyl (C=O) groups excluding carboxylic acids is 1. The normalized spacial score (nSPS) is 10.7. The molecule has 4 heteroatoms. The van der Waals surface area contributed by atoms with E-state index in [0.717, 1.165) is 16.5 Å². The number of hydrogen-bond acceptors (Lipinski definition) is 2. The molecule has 0 saturated carbocycles. The molecule has 3 rings (SSSR count). The molecule has 3 aromatic rings. The number of H-pyrrole nitrogens is 1. The summed E-state index contributed by atoms with van der Waals surface area (Å²) in [5.41, 5.74) is 2.21. The largest absolute Gasteiger partial charge is 0.427 e. The zero-order valence-corrected chi connectivity index (χ0v) is 12.1. The average Bonchev–Trinajstić information content (AvgIpc) is 2.91. The lowest BCUT2D eigenvalue weighted by atomic mass is 10.1. The van der Waals surface area contributed by atoms with Crippen LogP contribution in [0.15, 0.2) is 54.7 Å². The zero-order chi connectivity index (χ0) is 14.7. The maximum Gasteiger partial charge on any atom is 0.311 e. The van der Waals surface area contributed by atoms with Gasteiger partial charge in [-0.25, -0.2) is 0 Å². The molecule has 0 bridgehead atoms. The summed E-state index contributed by atoms with van der Waals surface area (Å²) in [6.07, 6.45) is 2.93. The number of rotatable bonds is 4. The van der Waals surface area contributed by atoms with Gasteiger partial charge in [0.1, 0.15) is 5.75 Å². The predicted octanol–water partition coefficient (Wildman–Crippen LogP) is 4.36. The van der Waals surface area contributed by atoms with Crippen LogP contribution in [0, 0.1) is 0 Å². The van der Waals surface area contributed by atoms with Crippen LogP contribution in [0.3, 0.4) is 0 Å². The molecule has 0 unspecified atom stereocenters. The van der Waals surface area contributed by atoms with Crippen LogP contribution in [0.25, 0.3) is 10.9 Å². The van der Waals surface area contributed by atoms with E-state index in [1.165, 1.54) is 0 Å². The Labute approximate surface area is 127 Å². The van der Waals surface area contributed by atoms with Gasteiger partial charge in [-0.05, 0) is 42.3 Å². The first-order chi connectivity index (χ1) is 10.2. The third-order valence-electron chi connectivity index (χ3n) is 3.32. The molecule has 1 aromatic heterocycles. The van der Waals surface area contributed by atoms with Crippen LogP contribution in [0.2, 0.25) is 5.02 Å². The summed E-state index contributed by atoms with van der Waals surface area (Å²) in [6.45, 7) is 0. The Kier molecular flexibility index (Phi) is 3.93. The first-order valence-electron chi connectivity index (χ1n) is 6.73. The van der Waals surface area contributed by atoms with E-state index in [4.69, 9.17) is 16.3 Å². The number of aromatic nitrogens is 1. The van der Waals surface area contributed by atoms with Gasteiger partial charge in [0.05, 0.1) is 6.42 Å². The number of hydrogen-bond donors (Lipinski definition) is 1. The number of esters is 1. The number of aromatic amines is 1. The fourth-order valence-electron chi connectivity index (χ4n) is 2.26. The lowest BCUT2D eigenvalue weighted by molar-refractivity contribution is -0.134. The summed E-state index contributed by atoms with van der Waals surface area (Å²) in [4.78, 5) is 15.1. The molecule has 0 radical (unpaired) electrons. The van der Waals surface area contributed by atoms with E-state index in [1.54, 1.807) is 24.3 Å². The molecule has 1 heterocycles. The van der Waals surface area contributed by atoms with Gasteiger partial charge >= 0.3 is 5.97 Å². The Bertz CT molecular complexity index is 762. The fraction of sp³-hybridized carbons (Fsp3) is 0.118. The van der Waals surface area contributed by atoms with E-state index in [-0.39, 0.29) is 5.97 Å². The first-order valence-corrected chi connectivity index (χ1v) is 7.11. The standard InChI is InChI=1S/C17H14ClNO2/c18-13-6-8-14(9-7-13)21-17(20)10-5-12-11-19-16-4-2-1-3-15(12)16/h1-4,6-9,11,19H,5,10H2. The minimum atomic E-state index is -0.248. The molecule has 1 N–H and O–H groups in total. The highest BCUT2D eigenvalue weighted by atomic mass is 35.5. The Balaban J connectivity index is 1.62. The summed E-state index contributed by atoms with van der Waals surface area (Å²) in [5.74, 6) is 0.269. The Morgan fingerprint density at radius 3 is 2.67 bits per heavy atom. The van der Waals surface area contributed by atoms with Crippen LogP contribution in [0.1, 0.15) is 12.0 Å². The molecule has 0 amide bonds. The Morgan fingerprint density at radius 2 is 1.86 bits per heavy atom.